The first-order valence-corrected chi connectivity index (χ1v) is 7.81. The Morgan fingerprint density at radius 3 is 2.48 bits per heavy atom. The largest absolute Gasteiger partial charge is 0.497 e. The van der Waals surface area contributed by atoms with Gasteiger partial charge in [-0.2, -0.15) is 5.26 Å². The fraction of sp³-hybridized carbons (Fsp3) is 0.143. The van der Waals surface area contributed by atoms with Crippen molar-refractivity contribution in [3.63, 3.8) is 0 Å². The molecule has 1 aromatic carbocycles. The van der Waals surface area contributed by atoms with E-state index in [9.17, 15) is 13.7 Å². The summed E-state index contributed by atoms with van der Waals surface area (Å²) in [5.74, 6) is 0.530. The molecule has 1 atom stereocenters. The molecule has 0 aliphatic carbocycles. The zero-order valence-corrected chi connectivity index (χ0v) is 12.6. The molecule has 0 saturated heterocycles. The van der Waals surface area contributed by atoms with Crippen LogP contribution in [0.5, 0.6) is 5.75 Å². The Morgan fingerprint density at radius 1 is 1.29 bits per heavy atom. The van der Waals surface area contributed by atoms with Crippen LogP contribution in [0.2, 0.25) is 5.15 Å². The number of rotatable bonds is 4. The van der Waals surface area contributed by atoms with Gasteiger partial charge in [-0.05, 0) is 30.3 Å². The van der Waals surface area contributed by atoms with Gasteiger partial charge in [0.05, 0.1) is 18.1 Å². The van der Waals surface area contributed by atoms with Gasteiger partial charge in [0.2, 0.25) is 0 Å². The molecule has 0 aliphatic rings. The Kier molecular flexibility index (Phi) is 4.46. The zero-order chi connectivity index (χ0) is 15.5. The molecular formula is C14H11ClN2O3S. The lowest BCUT2D eigenvalue weighted by Crippen LogP contribution is -2.13. The maximum atomic E-state index is 12.6. The molecule has 1 aromatic heterocycles. The number of sulfone groups is 1. The van der Waals surface area contributed by atoms with Gasteiger partial charge in [-0.25, -0.2) is 13.4 Å². The third kappa shape index (κ3) is 2.99. The summed E-state index contributed by atoms with van der Waals surface area (Å²) in [7, 11) is -2.41. The Morgan fingerprint density at radius 2 is 1.95 bits per heavy atom. The lowest BCUT2D eigenvalue weighted by Gasteiger charge is -2.12. The van der Waals surface area contributed by atoms with Crippen LogP contribution in [-0.4, -0.2) is 20.5 Å². The van der Waals surface area contributed by atoms with Gasteiger partial charge >= 0.3 is 0 Å². The molecule has 108 valence electrons. The number of methoxy groups -OCH3 is 1. The molecule has 0 fully saturated rings. The van der Waals surface area contributed by atoms with Gasteiger partial charge in [0, 0.05) is 11.8 Å². The van der Waals surface area contributed by atoms with Gasteiger partial charge in [0.25, 0.3) is 0 Å². The van der Waals surface area contributed by atoms with Crippen LogP contribution in [0.3, 0.4) is 0 Å². The van der Waals surface area contributed by atoms with Crippen LogP contribution >= 0.6 is 11.6 Å². The van der Waals surface area contributed by atoms with E-state index in [0.29, 0.717) is 5.75 Å². The minimum Gasteiger partial charge on any atom is -0.497 e. The van der Waals surface area contributed by atoms with E-state index in [1.165, 1.54) is 49.7 Å². The van der Waals surface area contributed by atoms with E-state index in [1.54, 1.807) is 6.07 Å². The first-order valence-electron chi connectivity index (χ1n) is 5.88. The number of nitriles is 1. The number of pyridine rings is 1. The van der Waals surface area contributed by atoms with Gasteiger partial charge in [0.1, 0.15) is 10.9 Å². The molecule has 0 amide bonds. The second kappa shape index (κ2) is 6.12. The summed E-state index contributed by atoms with van der Waals surface area (Å²) in [6, 6.07) is 10.6. The fourth-order valence-electron chi connectivity index (χ4n) is 1.80. The molecule has 0 saturated carbocycles. The smallest absolute Gasteiger partial charge is 0.198 e. The predicted molar refractivity (Wildman–Crippen MR) is 77.8 cm³/mol. The highest BCUT2D eigenvalue weighted by Crippen LogP contribution is 2.32. The van der Waals surface area contributed by atoms with Crippen molar-refractivity contribution in [2.45, 2.75) is 10.1 Å². The Bertz CT molecular complexity index is 783. The molecule has 0 spiro atoms. The lowest BCUT2D eigenvalue weighted by atomic mass is 10.2. The maximum absolute atomic E-state index is 12.6. The molecule has 0 aliphatic heterocycles. The number of benzene rings is 1. The molecule has 1 heterocycles. The van der Waals surface area contributed by atoms with Crippen molar-refractivity contribution in [3.8, 4) is 11.8 Å². The van der Waals surface area contributed by atoms with E-state index >= 15 is 0 Å². The number of nitrogens with zero attached hydrogens (tertiary/aromatic N) is 2. The maximum Gasteiger partial charge on any atom is 0.198 e. The van der Waals surface area contributed by atoms with Crippen LogP contribution in [0, 0.1) is 11.3 Å². The fourth-order valence-corrected chi connectivity index (χ4v) is 3.55. The molecular weight excluding hydrogens is 312 g/mol. The quantitative estimate of drug-likeness (QED) is 0.808. The standard InChI is InChI=1S/C14H11ClN2O3S/c1-20-10-4-6-11(7-5-10)21(18,19)13(9-16)12-3-2-8-17-14(12)15/h2-8,13H,1H3/t13-/m1/s1. The summed E-state index contributed by atoms with van der Waals surface area (Å²) in [4.78, 5) is 3.84. The van der Waals surface area contributed by atoms with E-state index in [1.807, 2.05) is 0 Å². The van der Waals surface area contributed by atoms with Crippen LogP contribution in [-0.2, 0) is 9.84 Å². The van der Waals surface area contributed by atoms with Crippen LogP contribution < -0.4 is 4.74 Å². The van der Waals surface area contributed by atoms with E-state index in [4.69, 9.17) is 16.3 Å². The molecule has 7 heteroatoms. The minimum atomic E-state index is -3.89. The Hall–Kier alpha value is -2.10. The summed E-state index contributed by atoms with van der Waals surface area (Å²) in [5.41, 5.74) is 0.164. The SMILES string of the molecule is COc1ccc(S(=O)(=O)[C@H](C#N)c2cccnc2Cl)cc1. The number of aromatic nitrogens is 1. The third-order valence-corrected chi connectivity index (χ3v) is 5.11. The molecule has 21 heavy (non-hydrogen) atoms. The summed E-state index contributed by atoms with van der Waals surface area (Å²) >= 11 is 5.89. The van der Waals surface area contributed by atoms with Crippen LogP contribution in [0.25, 0.3) is 0 Å². The summed E-state index contributed by atoms with van der Waals surface area (Å²) < 4.78 is 30.1. The normalized spacial score (nSPS) is 12.4. The van der Waals surface area contributed by atoms with Gasteiger partial charge in [0.15, 0.2) is 15.1 Å². The van der Waals surface area contributed by atoms with Crippen molar-refractivity contribution in [3.05, 3.63) is 53.3 Å². The second-order valence-electron chi connectivity index (χ2n) is 4.11. The van der Waals surface area contributed by atoms with Gasteiger partial charge in [-0.1, -0.05) is 17.7 Å². The summed E-state index contributed by atoms with van der Waals surface area (Å²) in [6.07, 6.45) is 1.43. The van der Waals surface area contributed by atoms with Crippen LogP contribution in [0.1, 0.15) is 10.8 Å². The summed E-state index contributed by atoms with van der Waals surface area (Å²) in [5, 5.41) is 7.85. The minimum absolute atomic E-state index is 0.00105. The predicted octanol–water partition coefficient (Wildman–Crippen LogP) is 2.78. The number of halogens is 1. The molecule has 2 aromatic rings. The number of hydrogen-bond donors (Lipinski definition) is 0. The highest BCUT2D eigenvalue weighted by molar-refractivity contribution is 7.92. The van der Waals surface area contributed by atoms with Gasteiger partial charge in [-0.15, -0.1) is 0 Å². The molecule has 0 N–H and O–H groups in total. The van der Waals surface area contributed by atoms with Crippen molar-refractivity contribution in [2.24, 2.45) is 0 Å². The number of ether oxygens (including phenoxy) is 1. The van der Waals surface area contributed by atoms with E-state index in [2.05, 4.69) is 4.98 Å². The topological polar surface area (TPSA) is 80.0 Å². The molecule has 0 bridgehead atoms. The highest BCUT2D eigenvalue weighted by atomic mass is 35.5. The highest BCUT2D eigenvalue weighted by Gasteiger charge is 2.31. The second-order valence-corrected chi connectivity index (χ2v) is 6.50. The van der Waals surface area contributed by atoms with Crippen molar-refractivity contribution < 1.29 is 13.2 Å². The molecule has 0 unspecified atom stereocenters. The first-order chi connectivity index (χ1) is 10.0. The lowest BCUT2D eigenvalue weighted by molar-refractivity contribution is 0.414. The van der Waals surface area contributed by atoms with E-state index in [-0.39, 0.29) is 15.6 Å². The Balaban J connectivity index is 2.50. The van der Waals surface area contributed by atoms with Crippen LogP contribution in [0.4, 0.5) is 0 Å². The van der Waals surface area contributed by atoms with Crippen molar-refractivity contribution >= 4 is 21.4 Å². The van der Waals surface area contributed by atoms with Crippen molar-refractivity contribution in [2.75, 3.05) is 7.11 Å². The van der Waals surface area contributed by atoms with E-state index in [0.717, 1.165) is 0 Å². The Labute approximate surface area is 127 Å². The molecule has 2 rings (SSSR count). The summed E-state index contributed by atoms with van der Waals surface area (Å²) in [6.45, 7) is 0. The molecule has 0 radical (unpaired) electrons. The van der Waals surface area contributed by atoms with Crippen molar-refractivity contribution in [1.82, 2.24) is 4.98 Å². The van der Waals surface area contributed by atoms with Crippen molar-refractivity contribution in [1.29, 1.82) is 5.26 Å². The van der Waals surface area contributed by atoms with Gasteiger partial charge < -0.3 is 4.74 Å². The average Bonchev–Trinajstić information content (AvgIpc) is 2.50. The van der Waals surface area contributed by atoms with E-state index < -0.39 is 15.1 Å². The third-order valence-electron chi connectivity index (χ3n) is 2.89. The number of hydrogen-bond acceptors (Lipinski definition) is 5. The monoisotopic (exact) mass is 322 g/mol. The van der Waals surface area contributed by atoms with Crippen LogP contribution in [0.15, 0.2) is 47.5 Å². The average molecular weight is 323 g/mol. The zero-order valence-electron chi connectivity index (χ0n) is 11.0. The molecule has 5 nitrogen and oxygen atoms in total. The first kappa shape index (κ1) is 15.3. The van der Waals surface area contributed by atoms with Gasteiger partial charge in [-0.3, -0.25) is 0 Å².